The van der Waals surface area contributed by atoms with Gasteiger partial charge >= 0.3 is 0 Å². The number of fused-ring (bicyclic) bond motifs is 1. The smallest absolute Gasteiger partial charge is 0.188 e. The van der Waals surface area contributed by atoms with Gasteiger partial charge < -0.3 is 4.98 Å². The first-order valence-corrected chi connectivity index (χ1v) is 7.50. The third-order valence-electron chi connectivity index (χ3n) is 3.44. The normalized spacial score (nSPS) is 11.3. The predicted molar refractivity (Wildman–Crippen MR) is 90.5 cm³/mol. The third-order valence-corrected chi connectivity index (χ3v) is 3.97. The minimum atomic E-state index is 0.0212. The number of halogens is 1. The number of ketones is 1. The van der Waals surface area contributed by atoms with Crippen LogP contribution < -0.4 is 0 Å². The lowest BCUT2D eigenvalue weighted by Gasteiger charge is -1.97. The fourth-order valence-corrected chi connectivity index (χ4v) is 2.69. The highest BCUT2D eigenvalue weighted by Crippen LogP contribution is 2.23. The van der Waals surface area contributed by atoms with E-state index in [0.717, 1.165) is 32.2 Å². The van der Waals surface area contributed by atoms with Gasteiger partial charge in [-0.15, -0.1) is 0 Å². The number of hydrogen-bond acceptors (Lipinski definition) is 1. The summed E-state index contributed by atoms with van der Waals surface area (Å²) < 4.78 is 1.03. The van der Waals surface area contributed by atoms with Crippen LogP contribution in [-0.2, 0) is 0 Å². The van der Waals surface area contributed by atoms with E-state index in [1.165, 1.54) is 0 Å². The Morgan fingerprint density at radius 2 is 1.81 bits per heavy atom. The summed E-state index contributed by atoms with van der Waals surface area (Å²) in [5.74, 6) is 0.0212. The summed E-state index contributed by atoms with van der Waals surface area (Å²) >= 11 is 3.40. The summed E-state index contributed by atoms with van der Waals surface area (Å²) in [6, 6.07) is 15.7. The highest BCUT2D eigenvalue weighted by Gasteiger charge is 2.13. The molecule has 21 heavy (non-hydrogen) atoms. The van der Waals surface area contributed by atoms with Gasteiger partial charge in [0.15, 0.2) is 5.78 Å². The number of aromatic amines is 1. The fourth-order valence-electron chi connectivity index (χ4n) is 2.42. The molecule has 2 nitrogen and oxygen atoms in total. The Labute approximate surface area is 131 Å². The fraction of sp³-hybridized carbons (Fsp3) is 0.0556. The van der Waals surface area contributed by atoms with Crippen LogP contribution in [0.2, 0.25) is 0 Å². The quantitative estimate of drug-likeness (QED) is 0.520. The molecule has 3 aromatic rings. The average Bonchev–Trinajstić information content (AvgIpc) is 2.82. The first kappa shape index (κ1) is 13.8. The lowest BCUT2D eigenvalue weighted by molar-refractivity contribution is 0.104. The molecule has 0 radical (unpaired) electrons. The summed E-state index contributed by atoms with van der Waals surface area (Å²) in [4.78, 5) is 15.7. The van der Waals surface area contributed by atoms with Crippen LogP contribution in [0.3, 0.4) is 0 Å². The maximum atomic E-state index is 12.5. The van der Waals surface area contributed by atoms with Gasteiger partial charge in [0.1, 0.15) is 0 Å². The summed E-state index contributed by atoms with van der Waals surface area (Å²) in [5.41, 5.74) is 3.65. The first-order valence-electron chi connectivity index (χ1n) is 6.70. The largest absolute Gasteiger partial charge is 0.358 e. The molecule has 0 aliphatic rings. The molecule has 0 fully saturated rings. The molecule has 1 heterocycles. The second kappa shape index (κ2) is 5.70. The Morgan fingerprint density at radius 3 is 2.57 bits per heavy atom. The van der Waals surface area contributed by atoms with Crippen molar-refractivity contribution in [2.24, 2.45) is 0 Å². The van der Waals surface area contributed by atoms with Crippen LogP contribution in [0.1, 0.15) is 21.6 Å². The minimum absolute atomic E-state index is 0.0212. The van der Waals surface area contributed by atoms with Crippen molar-refractivity contribution in [1.29, 1.82) is 0 Å². The van der Waals surface area contributed by atoms with Gasteiger partial charge in [-0.25, -0.2) is 0 Å². The number of aryl methyl sites for hydroxylation is 1. The number of benzene rings is 2. The molecule has 3 heteroatoms. The molecule has 0 aliphatic heterocycles. The molecule has 0 aliphatic carbocycles. The molecule has 0 unspecified atom stereocenters. The molecule has 2 aromatic carbocycles. The van der Waals surface area contributed by atoms with Crippen molar-refractivity contribution in [2.75, 3.05) is 0 Å². The number of rotatable bonds is 3. The van der Waals surface area contributed by atoms with E-state index in [-0.39, 0.29) is 5.78 Å². The predicted octanol–water partition coefficient (Wildman–Crippen LogP) is 5.13. The van der Waals surface area contributed by atoms with Crippen molar-refractivity contribution in [2.45, 2.75) is 6.92 Å². The molecule has 0 amide bonds. The molecule has 3 rings (SSSR count). The minimum Gasteiger partial charge on any atom is -0.358 e. The molecular weight excluding hydrogens is 326 g/mol. The van der Waals surface area contributed by atoms with Gasteiger partial charge in [-0.2, -0.15) is 0 Å². The van der Waals surface area contributed by atoms with E-state index < -0.39 is 0 Å². The van der Waals surface area contributed by atoms with E-state index in [9.17, 15) is 4.79 Å². The third kappa shape index (κ3) is 2.83. The number of para-hydroxylation sites is 1. The number of carbonyl (C=O) groups is 1. The van der Waals surface area contributed by atoms with Gasteiger partial charge in [0.25, 0.3) is 0 Å². The van der Waals surface area contributed by atoms with Crippen molar-refractivity contribution in [1.82, 2.24) is 4.98 Å². The van der Waals surface area contributed by atoms with Crippen LogP contribution in [0.15, 0.2) is 59.1 Å². The van der Waals surface area contributed by atoms with Crippen molar-refractivity contribution in [3.8, 4) is 0 Å². The molecule has 0 atom stereocenters. The van der Waals surface area contributed by atoms with E-state index in [4.69, 9.17) is 0 Å². The zero-order chi connectivity index (χ0) is 14.8. The summed E-state index contributed by atoms with van der Waals surface area (Å²) in [6.45, 7) is 1.93. The lowest BCUT2D eigenvalue weighted by atomic mass is 10.1. The molecule has 104 valence electrons. The number of carbonyl (C=O) groups excluding carboxylic acids is 1. The topological polar surface area (TPSA) is 32.9 Å². The number of aromatic nitrogens is 1. The van der Waals surface area contributed by atoms with Crippen molar-refractivity contribution >= 4 is 38.7 Å². The van der Waals surface area contributed by atoms with Gasteiger partial charge in [0.05, 0.1) is 5.56 Å². The van der Waals surface area contributed by atoms with Crippen molar-refractivity contribution in [3.63, 3.8) is 0 Å². The van der Waals surface area contributed by atoms with Gasteiger partial charge in [0.2, 0.25) is 0 Å². The van der Waals surface area contributed by atoms with Crippen LogP contribution in [0.4, 0.5) is 0 Å². The Morgan fingerprint density at radius 1 is 1.10 bits per heavy atom. The zero-order valence-electron chi connectivity index (χ0n) is 11.6. The number of H-pyrrole nitrogens is 1. The Bertz CT molecular complexity index is 828. The van der Waals surface area contributed by atoms with Gasteiger partial charge in [-0.3, -0.25) is 4.79 Å². The maximum Gasteiger partial charge on any atom is 0.188 e. The molecule has 0 bridgehead atoms. The summed E-state index contributed by atoms with van der Waals surface area (Å²) in [6.07, 6.45) is 3.47. The van der Waals surface area contributed by atoms with E-state index in [0.29, 0.717) is 0 Å². The Hall–Kier alpha value is -2.13. The Balaban J connectivity index is 1.94. The molecule has 0 spiro atoms. The van der Waals surface area contributed by atoms with Gasteiger partial charge in [-0.05, 0) is 36.8 Å². The van der Waals surface area contributed by atoms with E-state index >= 15 is 0 Å². The van der Waals surface area contributed by atoms with Crippen LogP contribution >= 0.6 is 15.9 Å². The Kier molecular flexibility index (Phi) is 3.76. The average molecular weight is 340 g/mol. The number of nitrogens with one attached hydrogen (secondary N) is 1. The highest BCUT2D eigenvalue weighted by molar-refractivity contribution is 9.10. The molecule has 0 saturated carbocycles. The van der Waals surface area contributed by atoms with Crippen LogP contribution in [0.5, 0.6) is 0 Å². The second-order valence-electron chi connectivity index (χ2n) is 4.92. The molecule has 1 aromatic heterocycles. The standard InChI is InChI=1S/C18H14BrNO/c1-12-18(15-4-2-3-5-16(15)20-12)17(21)11-8-13-6-9-14(19)10-7-13/h2-11,20H,1H3. The lowest BCUT2D eigenvalue weighted by Crippen LogP contribution is -1.95. The van der Waals surface area contributed by atoms with E-state index in [2.05, 4.69) is 20.9 Å². The van der Waals surface area contributed by atoms with Crippen molar-refractivity contribution < 1.29 is 4.79 Å². The van der Waals surface area contributed by atoms with E-state index in [1.807, 2.05) is 61.5 Å². The van der Waals surface area contributed by atoms with Crippen LogP contribution in [-0.4, -0.2) is 10.8 Å². The van der Waals surface area contributed by atoms with Gasteiger partial charge in [0, 0.05) is 21.1 Å². The first-order chi connectivity index (χ1) is 10.1. The monoisotopic (exact) mass is 339 g/mol. The second-order valence-corrected chi connectivity index (χ2v) is 5.84. The number of hydrogen-bond donors (Lipinski definition) is 1. The summed E-state index contributed by atoms with van der Waals surface area (Å²) in [7, 11) is 0. The SMILES string of the molecule is Cc1[nH]c2ccccc2c1C(=O)C=Cc1ccc(Br)cc1. The summed E-state index contributed by atoms with van der Waals surface area (Å²) in [5, 5.41) is 0.973. The van der Waals surface area contributed by atoms with Crippen LogP contribution in [0, 0.1) is 6.92 Å². The maximum absolute atomic E-state index is 12.5. The molecule has 1 N–H and O–H groups in total. The zero-order valence-corrected chi connectivity index (χ0v) is 13.1. The molecule has 0 saturated heterocycles. The molecular formula is C18H14BrNO. The van der Waals surface area contributed by atoms with E-state index in [1.54, 1.807) is 6.08 Å². The van der Waals surface area contributed by atoms with Crippen LogP contribution in [0.25, 0.3) is 17.0 Å². The van der Waals surface area contributed by atoms with Gasteiger partial charge in [-0.1, -0.05) is 52.3 Å². The number of allylic oxidation sites excluding steroid dienone is 1. The highest BCUT2D eigenvalue weighted by atomic mass is 79.9. The van der Waals surface area contributed by atoms with Crippen molar-refractivity contribution in [3.05, 3.63) is 75.9 Å².